The van der Waals surface area contributed by atoms with E-state index < -0.39 is 17.1 Å². The van der Waals surface area contributed by atoms with Crippen molar-refractivity contribution < 1.29 is 23.9 Å². The lowest BCUT2D eigenvalue weighted by Gasteiger charge is -2.13. The molecular formula is C27H21BrI2N2O5S. The molecule has 0 radical (unpaired) electrons. The summed E-state index contributed by atoms with van der Waals surface area (Å²) in [5.74, 6) is 0.483. The van der Waals surface area contributed by atoms with Crippen molar-refractivity contribution in [3.8, 4) is 11.5 Å². The molecule has 38 heavy (non-hydrogen) atoms. The van der Waals surface area contributed by atoms with Crippen LogP contribution in [0.15, 0.2) is 70.0 Å². The number of rotatable bonds is 9. The lowest BCUT2D eigenvalue weighted by molar-refractivity contribution is -0.127. The van der Waals surface area contributed by atoms with Crippen LogP contribution in [0, 0.1) is 7.14 Å². The van der Waals surface area contributed by atoms with Crippen LogP contribution in [-0.2, 0) is 16.2 Å². The molecule has 1 aliphatic heterocycles. The molecule has 1 heterocycles. The van der Waals surface area contributed by atoms with Crippen LogP contribution < -0.4 is 14.8 Å². The fourth-order valence-electron chi connectivity index (χ4n) is 3.47. The third-order valence-corrected chi connectivity index (χ3v) is 8.28. The first-order valence-electron chi connectivity index (χ1n) is 11.4. The number of nitrogens with one attached hydrogen (secondary N) is 1. The van der Waals surface area contributed by atoms with E-state index in [4.69, 9.17) is 9.47 Å². The van der Waals surface area contributed by atoms with Crippen LogP contribution in [0.4, 0.5) is 10.5 Å². The Morgan fingerprint density at radius 2 is 1.68 bits per heavy atom. The molecule has 1 saturated heterocycles. The molecule has 0 bridgehead atoms. The van der Waals surface area contributed by atoms with Gasteiger partial charge in [0, 0.05) is 10.2 Å². The summed E-state index contributed by atoms with van der Waals surface area (Å²) >= 11 is 8.64. The van der Waals surface area contributed by atoms with Gasteiger partial charge in [0.2, 0.25) is 5.91 Å². The standard InChI is InChI=1S/C27H21BrI2N2O5S/c1-2-36-20-9-7-19(8-10-20)31-24(33)14-32-26(34)23(38-27(32)35)13-17-11-21(29)25(22(30)12-17)37-15-16-3-5-18(28)6-4-16/h3-13H,2,14-15H2,1H3,(H,31,33)/b23-13+. The molecular weight excluding hydrogens is 798 g/mol. The van der Waals surface area contributed by atoms with Gasteiger partial charge in [-0.05, 0) is 130 Å². The van der Waals surface area contributed by atoms with Crippen molar-refractivity contribution in [2.45, 2.75) is 13.5 Å². The van der Waals surface area contributed by atoms with Crippen molar-refractivity contribution in [1.29, 1.82) is 0 Å². The van der Waals surface area contributed by atoms with Crippen LogP contribution in [0.1, 0.15) is 18.1 Å². The van der Waals surface area contributed by atoms with Crippen LogP contribution in [0.2, 0.25) is 0 Å². The SMILES string of the molecule is CCOc1ccc(NC(=O)CN2C(=O)S/C(=C/c3cc(I)c(OCc4ccc(Br)cc4)c(I)c3)C2=O)cc1. The molecule has 3 amide bonds. The molecule has 1 N–H and O–H groups in total. The molecule has 3 aromatic rings. The predicted molar refractivity (Wildman–Crippen MR) is 169 cm³/mol. The monoisotopic (exact) mass is 818 g/mol. The molecule has 3 aromatic carbocycles. The molecule has 1 aliphatic rings. The number of imide groups is 1. The number of benzene rings is 3. The zero-order valence-corrected chi connectivity index (χ0v) is 26.7. The minimum Gasteiger partial charge on any atom is -0.494 e. The number of nitrogens with zero attached hydrogens (tertiary/aromatic N) is 1. The van der Waals surface area contributed by atoms with E-state index in [9.17, 15) is 14.4 Å². The van der Waals surface area contributed by atoms with Crippen molar-refractivity contribution in [3.63, 3.8) is 0 Å². The summed E-state index contributed by atoms with van der Waals surface area (Å²) in [4.78, 5) is 39.2. The first-order chi connectivity index (χ1) is 18.2. The maximum absolute atomic E-state index is 12.9. The molecule has 196 valence electrons. The molecule has 0 atom stereocenters. The van der Waals surface area contributed by atoms with Crippen LogP contribution in [-0.4, -0.2) is 35.1 Å². The maximum atomic E-state index is 12.9. The number of ether oxygens (including phenoxy) is 2. The molecule has 7 nitrogen and oxygen atoms in total. The van der Waals surface area contributed by atoms with Gasteiger partial charge in [-0.25, -0.2) is 0 Å². The van der Waals surface area contributed by atoms with E-state index in [1.807, 2.05) is 43.3 Å². The number of thioether (sulfide) groups is 1. The highest BCUT2D eigenvalue weighted by Crippen LogP contribution is 2.35. The number of anilines is 1. The normalized spacial score (nSPS) is 14.2. The zero-order valence-electron chi connectivity index (χ0n) is 20.0. The van der Waals surface area contributed by atoms with Gasteiger partial charge in [-0.1, -0.05) is 28.1 Å². The fourth-order valence-corrected chi connectivity index (χ4v) is 6.70. The van der Waals surface area contributed by atoms with Gasteiger partial charge in [-0.3, -0.25) is 19.3 Å². The van der Waals surface area contributed by atoms with Crippen LogP contribution >= 0.6 is 72.9 Å². The highest BCUT2D eigenvalue weighted by molar-refractivity contribution is 14.1. The Morgan fingerprint density at radius 3 is 2.32 bits per heavy atom. The van der Waals surface area contributed by atoms with Crippen molar-refractivity contribution in [2.24, 2.45) is 0 Å². The molecule has 0 unspecified atom stereocenters. The molecule has 4 rings (SSSR count). The summed E-state index contributed by atoms with van der Waals surface area (Å²) in [6, 6.07) is 18.6. The van der Waals surface area contributed by atoms with Gasteiger partial charge in [0.05, 0.1) is 18.7 Å². The predicted octanol–water partition coefficient (Wildman–Crippen LogP) is 7.31. The number of amides is 3. The Kier molecular flexibility index (Phi) is 10.1. The second-order valence-corrected chi connectivity index (χ2v) is 12.2. The first kappa shape index (κ1) is 28.9. The smallest absolute Gasteiger partial charge is 0.294 e. The first-order valence-corrected chi connectivity index (χ1v) is 15.1. The van der Waals surface area contributed by atoms with E-state index in [1.165, 1.54) is 0 Å². The number of halogens is 3. The van der Waals surface area contributed by atoms with E-state index in [-0.39, 0.29) is 11.4 Å². The fraction of sp³-hybridized carbons (Fsp3) is 0.148. The second-order valence-electron chi connectivity index (χ2n) is 8.00. The molecule has 11 heteroatoms. The molecule has 1 fully saturated rings. The van der Waals surface area contributed by atoms with Gasteiger partial charge in [0.25, 0.3) is 11.1 Å². The number of carbonyl (C=O) groups is 3. The van der Waals surface area contributed by atoms with E-state index >= 15 is 0 Å². The lowest BCUT2D eigenvalue weighted by atomic mass is 10.2. The van der Waals surface area contributed by atoms with Gasteiger partial charge in [-0.15, -0.1) is 0 Å². The van der Waals surface area contributed by atoms with E-state index in [2.05, 4.69) is 66.4 Å². The van der Waals surface area contributed by atoms with Gasteiger partial charge in [0.1, 0.15) is 24.7 Å². The summed E-state index contributed by atoms with van der Waals surface area (Å²) in [5.41, 5.74) is 2.36. The average Bonchev–Trinajstić information content (AvgIpc) is 3.13. The molecule has 0 aromatic heterocycles. The van der Waals surface area contributed by atoms with E-state index in [1.54, 1.807) is 30.3 Å². The van der Waals surface area contributed by atoms with Gasteiger partial charge in [0.15, 0.2) is 0 Å². The minimum atomic E-state index is -0.498. The van der Waals surface area contributed by atoms with Crippen LogP contribution in [0.3, 0.4) is 0 Å². The lowest BCUT2D eigenvalue weighted by Crippen LogP contribution is -2.36. The third-order valence-electron chi connectivity index (χ3n) is 5.24. The summed E-state index contributed by atoms with van der Waals surface area (Å²) in [6.07, 6.45) is 1.66. The third kappa shape index (κ3) is 7.51. The van der Waals surface area contributed by atoms with Gasteiger partial charge < -0.3 is 14.8 Å². The molecule has 0 saturated carbocycles. The highest BCUT2D eigenvalue weighted by Gasteiger charge is 2.36. The Balaban J connectivity index is 1.40. The Hall–Kier alpha value is -2.10. The van der Waals surface area contributed by atoms with Crippen molar-refractivity contribution in [3.05, 3.63) is 88.3 Å². The summed E-state index contributed by atoms with van der Waals surface area (Å²) in [7, 11) is 0. The van der Waals surface area contributed by atoms with E-state index in [0.717, 1.165) is 45.2 Å². The minimum absolute atomic E-state index is 0.263. The highest BCUT2D eigenvalue weighted by atomic mass is 127. The maximum Gasteiger partial charge on any atom is 0.294 e. The van der Waals surface area contributed by atoms with Crippen molar-refractivity contribution >= 4 is 102 Å². The largest absolute Gasteiger partial charge is 0.494 e. The number of hydrogen-bond donors (Lipinski definition) is 1. The molecule has 0 aliphatic carbocycles. The zero-order chi connectivity index (χ0) is 27.2. The summed E-state index contributed by atoms with van der Waals surface area (Å²) < 4.78 is 14.2. The van der Waals surface area contributed by atoms with Gasteiger partial charge >= 0.3 is 0 Å². The second kappa shape index (κ2) is 13.3. The van der Waals surface area contributed by atoms with E-state index in [0.29, 0.717) is 24.7 Å². The Bertz CT molecular complexity index is 1370. The number of carbonyl (C=O) groups excluding carboxylic acids is 3. The van der Waals surface area contributed by atoms with Crippen molar-refractivity contribution in [2.75, 3.05) is 18.5 Å². The summed E-state index contributed by atoms with van der Waals surface area (Å²) in [5, 5.41) is 2.22. The Morgan fingerprint density at radius 1 is 1.03 bits per heavy atom. The van der Waals surface area contributed by atoms with Crippen LogP contribution in [0.25, 0.3) is 6.08 Å². The quantitative estimate of drug-likeness (QED) is 0.180. The van der Waals surface area contributed by atoms with Crippen molar-refractivity contribution in [1.82, 2.24) is 4.90 Å². The summed E-state index contributed by atoms with van der Waals surface area (Å²) in [6.45, 7) is 2.49. The number of hydrogen-bond acceptors (Lipinski definition) is 6. The van der Waals surface area contributed by atoms with Crippen LogP contribution in [0.5, 0.6) is 11.5 Å². The average molecular weight is 819 g/mol. The molecule has 0 spiro atoms. The Labute approximate surface area is 260 Å². The van der Waals surface area contributed by atoms with Gasteiger partial charge in [-0.2, -0.15) is 0 Å². The topological polar surface area (TPSA) is 84.9 Å².